The summed E-state index contributed by atoms with van der Waals surface area (Å²) in [5.41, 5.74) is 10.9. The van der Waals surface area contributed by atoms with Crippen LogP contribution in [0.1, 0.15) is 36.3 Å². The Morgan fingerprint density at radius 2 is 1.45 bits per heavy atom. The van der Waals surface area contributed by atoms with Gasteiger partial charge in [-0.1, -0.05) is 66.7 Å². The van der Waals surface area contributed by atoms with Crippen LogP contribution in [0, 0.1) is 0 Å². The molecule has 3 aromatic carbocycles. The van der Waals surface area contributed by atoms with Gasteiger partial charge in [0.05, 0.1) is 0 Å². The van der Waals surface area contributed by atoms with E-state index in [9.17, 15) is 9.59 Å². The average Bonchev–Trinajstić information content (AvgIpc) is 3.16. The fraction of sp³-hybridized carbons (Fsp3) is 0.259. The number of amides is 2. The van der Waals surface area contributed by atoms with Gasteiger partial charge in [-0.3, -0.25) is 4.79 Å². The minimum atomic E-state index is -0.701. The van der Waals surface area contributed by atoms with Gasteiger partial charge in [0, 0.05) is 11.6 Å². The molecular formula is C27H29N3O3. The van der Waals surface area contributed by atoms with E-state index >= 15 is 0 Å². The number of nitrogens with two attached hydrogens (primary N) is 1. The van der Waals surface area contributed by atoms with Crippen molar-refractivity contribution < 1.29 is 14.3 Å². The van der Waals surface area contributed by atoms with E-state index in [1.54, 1.807) is 0 Å². The molecule has 6 heteroatoms. The van der Waals surface area contributed by atoms with Crippen molar-refractivity contribution in [1.29, 1.82) is 0 Å². The molecule has 33 heavy (non-hydrogen) atoms. The first kappa shape index (κ1) is 22.6. The number of ether oxygens (including phenoxy) is 1. The van der Waals surface area contributed by atoms with E-state index < -0.39 is 12.1 Å². The first-order valence-corrected chi connectivity index (χ1v) is 11.3. The summed E-state index contributed by atoms with van der Waals surface area (Å²) in [6.45, 7) is 0.744. The van der Waals surface area contributed by atoms with Gasteiger partial charge in [0.1, 0.15) is 12.6 Å². The number of carbonyl (C=O) groups is 2. The van der Waals surface area contributed by atoms with Crippen LogP contribution in [-0.2, 0) is 9.53 Å². The van der Waals surface area contributed by atoms with Crippen molar-refractivity contribution in [3.8, 4) is 11.1 Å². The number of benzene rings is 3. The molecule has 0 radical (unpaired) electrons. The van der Waals surface area contributed by atoms with Crippen LogP contribution in [0.25, 0.3) is 11.1 Å². The van der Waals surface area contributed by atoms with E-state index in [-0.39, 0.29) is 18.4 Å². The lowest BCUT2D eigenvalue weighted by atomic mass is 9.98. The highest BCUT2D eigenvalue weighted by Gasteiger charge is 2.29. The molecule has 0 unspecified atom stereocenters. The molecule has 6 nitrogen and oxygen atoms in total. The first-order chi connectivity index (χ1) is 16.2. The van der Waals surface area contributed by atoms with Crippen molar-refractivity contribution in [1.82, 2.24) is 5.32 Å². The molecule has 4 N–H and O–H groups in total. The van der Waals surface area contributed by atoms with Crippen molar-refractivity contribution in [2.45, 2.75) is 31.2 Å². The standard InChI is InChI=1S/C27H29N3O3/c28-17-9-8-16-25(26(31)29-19-10-2-1-3-11-19)30-27(32)33-18-24-22-14-6-4-12-20(22)21-13-5-7-15-23(21)24/h1-7,10-15,24-25H,8-9,16-18,28H2,(H,29,31)(H,30,32)/t25-/m1/s1. The van der Waals surface area contributed by atoms with Crippen LogP contribution in [0.4, 0.5) is 10.5 Å². The predicted octanol–water partition coefficient (Wildman–Crippen LogP) is 4.66. The third-order valence-corrected chi connectivity index (χ3v) is 5.94. The van der Waals surface area contributed by atoms with Gasteiger partial charge in [0.15, 0.2) is 0 Å². The van der Waals surface area contributed by atoms with Gasteiger partial charge < -0.3 is 21.1 Å². The quantitative estimate of drug-likeness (QED) is 0.419. The zero-order chi connectivity index (χ0) is 23.0. The van der Waals surface area contributed by atoms with Gasteiger partial charge in [-0.2, -0.15) is 0 Å². The lowest BCUT2D eigenvalue weighted by molar-refractivity contribution is -0.118. The Kier molecular flexibility index (Phi) is 7.37. The smallest absolute Gasteiger partial charge is 0.407 e. The van der Waals surface area contributed by atoms with Gasteiger partial charge in [0.25, 0.3) is 0 Å². The summed E-state index contributed by atoms with van der Waals surface area (Å²) < 4.78 is 5.62. The Morgan fingerprint density at radius 3 is 2.09 bits per heavy atom. The highest BCUT2D eigenvalue weighted by molar-refractivity contribution is 5.96. The number of anilines is 1. The van der Waals surface area contributed by atoms with E-state index in [0.29, 0.717) is 18.7 Å². The number of hydrogen-bond acceptors (Lipinski definition) is 4. The molecular weight excluding hydrogens is 414 g/mol. The maximum absolute atomic E-state index is 12.8. The van der Waals surface area contributed by atoms with Crippen LogP contribution in [0.3, 0.4) is 0 Å². The molecule has 3 aromatic rings. The van der Waals surface area contributed by atoms with E-state index in [1.165, 1.54) is 11.1 Å². The number of para-hydroxylation sites is 1. The summed E-state index contributed by atoms with van der Waals surface area (Å²) in [4.78, 5) is 25.5. The molecule has 170 valence electrons. The van der Waals surface area contributed by atoms with Gasteiger partial charge in [-0.25, -0.2) is 4.79 Å². The van der Waals surface area contributed by atoms with Gasteiger partial charge in [-0.05, 0) is 60.2 Å². The molecule has 0 spiro atoms. The number of fused-ring (bicyclic) bond motifs is 3. The topological polar surface area (TPSA) is 93.4 Å². The third kappa shape index (κ3) is 5.41. The van der Waals surface area contributed by atoms with Crippen molar-refractivity contribution in [3.63, 3.8) is 0 Å². The Labute approximate surface area is 194 Å². The second kappa shape index (κ2) is 10.8. The summed E-state index contributed by atoms with van der Waals surface area (Å²) in [7, 11) is 0. The lowest BCUT2D eigenvalue weighted by Gasteiger charge is -2.20. The zero-order valence-electron chi connectivity index (χ0n) is 18.5. The Morgan fingerprint density at radius 1 is 0.848 bits per heavy atom. The highest BCUT2D eigenvalue weighted by atomic mass is 16.5. The van der Waals surface area contributed by atoms with Gasteiger partial charge in [-0.15, -0.1) is 0 Å². The minimum Gasteiger partial charge on any atom is -0.449 e. The summed E-state index contributed by atoms with van der Waals surface area (Å²) in [6, 6.07) is 24.8. The van der Waals surface area contributed by atoms with Crippen molar-refractivity contribution in [3.05, 3.63) is 90.0 Å². The maximum Gasteiger partial charge on any atom is 0.407 e. The summed E-state index contributed by atoms with van der Waals surface area (Å²) in [6.07, 6.45) is 1.40. The zero-order valence-corrected chi connectivity index (χ0v) is 18.5. The maximum atomic E-state index is 12.8. The molecule has 1 atom stereocenters. The lowest BCUT2D eigenvalue weighted by Crippen LogP contribution is -2.44. The molecule has 4 rings (SSSR count). The molecule has 0 aromatic heterocycles. The molecule has 2 amide bonds. The third-order valence-electron chi connectivity index (χ3n) is 5.94. The normalized spacial score (nSPS) is 13.0. The van der Waals surface area contributed by atoms with E-state index in [2.05, 4.69) is 34.9 Å². The molecule has 0 aliphatic heterocycles. The minimum absolute atomic E-state index is 0.0306. The van der Waals surface area contributed by atoms with Crippen LogP contribution in [0.2, 0.25) is 0 Å². The van der Waals surface area contributed by atoms with Crippen LogP contribution < -0.4 is 16.4 Å². The Hall–Kier alpha value is -3.64. The molecule has 0 heterocycles. The monoisotopic (exact) mass is 443 g/mol. The molecule has 0 fully saturated rings. The summed E-state index contributed by atoms with van der Waals surface area (Å²) in [5.74, 6) is -0.302. The second-order valence-electron chi connectivity index (χ2n) is 8.16. The highest BCUT2D eigenvalue weighted by Crippen LogP contribution is 2.44. The number of nitrogens with one attached hydrogen (secondary N) is 2. The number of rotatable bonds is 9. The number of unbranched alkanes of at least 4 members (excludes halogenated alkanes) is 1. The van der Waals surface area contributed by atoms with E-state index in [1.807, 2.05) is 54.6 Å². The van der Waals surface area contributed by atoms with Crippen LogP contribution >= 0.6 is 0 Å². The van der Waals surface area contributed by atoms with E-state index in [0.717, 1.165) is 24.0 Å². The van der Waals surface area contributed by atoms with Gasteiger partial charge in [0.2, 0.25) is 5.91 Å². The number of hydrogen-bond donors (Lipinski definition) is 3. The van der Waals surface area contributed by atoms with Crippen molar-refractivity contribution in [2.24, 2.45) is 5.73 Å². The fourth-order valence-corrected chi connectivity index (χ4v) is 4.29. The molecule has 1 aliphatic carbocycles. The number of carbonyl (C=O) groups excluding carboxylic acids is 2. The first-order valence-electron chi connectivity index (χ1n) is 11.3. The predicted molar refractivity (Wildman–Crippen MR) is 130 cm³/mol. The summed E-state index contributed by atoms with van der Waals surface area (Å²) >= 11 is 0. The molecule has 0 bridgehead atoms. The fourth-order valence-electron chi connectivity index (χ4n) is 4.29. The largest absolute Gasteiger partial charge is 0.449 e. The summed E-state index contributed by atoms with van der Waals surface area (Å²) in [5, 5.41) is 5.61. The average molecular weight is 444 g/mol. The molecule has 0 saturated heterocycles. The van der Waals surface area contributed by atoms with Crippen molar-refractivity contribution in [2.75, 3.05) is 18.5 Å². The Bertz CT molecular complexity index is 1060. The molecule has 0 saturated carbocycles. The molecule has 1 aliphatic rings. The van der Waals surface area contributed by atoms with Gasteiger partial charge >= 0.3 is 6.09 Å². The SMILES string of the molecule is NCCCC[C@@H](NC(=O)OCC1c2ccccc2-c2ccccc21)C(=O)Nc1ccccc1. The number of alkyl carbamates (subject to hydrolysis) is 1. The van der Waals surface area contributed by atoms with E-state index in [4.69, 9.17) is 10.5 Å². The second-order valence-corrected chi connectivity index (χ2v) is 8.16. The Balaban J connectivity index is 1.40. The van der Waals surface area contributed by atoms with Crippen LogP contribution in [0.15, 0.2) is 78.9 Å². The van der Waals surface area contributed by atoms with Crippen molar-refractivity contribution >= 4 is 17.7 Å². The van der Waals surface area contributed by atoms with Crippen LogP contribution in [-0.4, -0.2) is 31.2 Å². The van der Waals surface area contributed by atoms with Crippen LogP contribution in [0.5, 0.6) is 0 Å².